The molecule has 0 spiro atoms. The fourth-order valence-corrected chi connectivity index (χ4v) is 2.92. The van der Waals surface area contributed by atoms with E-state index in [0.717, 1.165) is 39.7 Å². The van der Waals surface area contributed by atoms with Gasteiger partial charge in [-0.2, -0.15) is 0 Å². The van der Waals surface area contributed by atoms with E-state index in [2.05, 4.69) is 60.9 Å². The number of hydrogen-bond acceptors (Lipinski definition) is 3. The van der Waals surface area contributed by atoms with Gasteiger partial charge in [0, 0.05) is 17.1 Å². The molecule has 132 valence electrons. The quantitative estimate of drug-likeness (QED) is 0.537. The third kappa shape index (κ3) is 3.57. The van der Waals surface area contributed by atoms with E-state index in [1.165, 1.54) is 0 Å². The number of anilines is 3. The second-order valence-corrected chi connectivity index (χ2v) is 5.98. The Hall–Kier alpha value is -3.20. The van der Waals surface area contributed by atoms with E-state index in [4.69, 9.17) is 9.47 Å². The van der Waals surface area contributed by atoms with Crippen molar-refractivity contribution in [1.29, 1.82) is 0 Å². The van der Waals surface area contributed by atoms with Gasteiger partial charge in [-0.25, -0.2) is 0 Å². The van der Waals surface area contributed by atoms with Crippen molar-refractivity contribution in [3.05, 3.63) is 84.4 Å². The van der Waals surface area contributed by atoms with Crippen molar-refractivity contribution in [3.8, 4) is 11.5 Å². The lowest BCUT2D eigenvalue weighted by molar-refractivity contribution is 0.414. The highest BCUT2D eigenvalue weighted by molar-refractivity contribution is 5.79. The number of ether oxygens (including phenoxy) is 2. The van der Waals surface area contributed by atoms with Gasteiger partial charge in [-0.15, -0.1) is 0 Å². The Balaban J connectivity index is 2.12. The van der Waals surface area contributed by atoms with Crippen molar-refractivity contribution < 1.29 is 9.47 Å². The maximum absolute atomic E-state index is 5.36. The summed E-state index contributed by atoms with van der Waals surface area (Å²) in [6.45, 7) is 5.92. The molecule has 0 bridgehead atoms. The predicted molar refractivity (Wildman–Crippen MR) is 109 cm³/mol. The zero-order chi connectivity index (χ0) is 18.5. The molecule has 26 heavy (non-hydrogen) atoms. The van der Waals surface area contributed by atoms with Gasteiger partial charge in [0.25, 0.3) is 0 Å². The molecule has 3 nitrogen and oxygen atoms in total. The third-order valence-electron chi connectivity index (χ3n) is 4.36. The molecule has 0 aliphatic carbocycles. The van der Waals surface area contributed by atoms with E-state index in [1.54, 1.807) is 14.2 Å². The molecule has 0 N–H and O–H groups in total. The largest absolute Gasteiger partial charge is 0.497 e. The Bertz CT molecular complexity index is 883. The topological polar surface area (TPSA) is 21.7 Å². The van der Waals surface area contributed by atoms with Crippen molar-refractivity contribution in [3.63, 3.8) is 0 Å². The zero-order valence-electron chi connectivity index (χ0n) is 15.4. The fraction of sp³-hybridized carbons (Fsp3) is 0.130. The van der Waals surface area contributed by atoms with Crippen molar-refractivity contribution in [2.24, 2.45) is 0 Å². The van der Waals surface area contributed by atoms with E-state index in [9.17, 15) is 0 Å². The highest BCUT2D eigenvalue weighted by atomic mass is 16.5. The molecule has 0 radical (unpaired) electrons. The van der Waals surface area contributed by atoms with Crippen LogP contribution in [0.5, 0.6) is 11.5 Å². The molecular formula is C23H23NO2. The SMILES string of the molecule is C=Cc1ccc(N(c2ccc(OC)cc2)c2ccc(OC)cc2C)cc1. The monoisotopic (exact) mass is 345 g/mol. The molecule has 3 aromatic rings. The van der Waals surface area contributed by atoms with Crippen molar-refractivity contribution in [2.75, 3.05) is 19.1 Å². The summed E-state index contributed by atoms with van der Waals surface area (Å²) >= 11 is 0. The summed E-state index contributed by atoms with van der Waals surface area (Å²) in [5, 5.41) is 0. The fourth-order valence-electron chi connectivity index (χ4n) is 2.92. The molecule has 0 aliphatic rings. The molecule has 0 heterocycles. The van der Waals surface area contributed by atoms with Crippen molar-refractivity contribution in [1.82, 2.24) is 0 Å². The van der Waals surface area contributed by atoms with E-state index >= 15 is 0 Å². The van der Waals surface area contributed by atoms with Gasteiger partial charge < -0.3 is 14.4 Å². The molecule has 0 saturated carbocycles. The lowest BCUT2D eigenvalue weighted by Gasteiger charge is -2.27. The molecule has 0 amide bonds. The molecule has 0 aromatic heterocycles. The Kier molecular flexibility index (Phi) is 5.28. The van der Waals surface area contributed by atoms with Crippen LogP contribution >= 0.6 is 0 Å². The van der Waals surface area contributed by atoms with Crippen LogP contribution in [-0.2, 0) is 0 Å². The van der Waals surface area contributed by atoms with Crippen LogP contribution < -0.4 is 14.4 Å². The Morgan fingerprint density at radius 2 is 1.31 bits per heavy atom. The van der Waals surface area contributed by atoms with Crippen LogP contribution in [0.2, 0.25) is 0 Å². The van der Waals surface area contributed by atoms with Crippen LogP contribution in [-0.4, -0.2) is 14.2 Å². The van der Waals surface area contributed by atoms with Gasteiger partial charge in [-0.3, -0.25) is 0 Å². The van der Waals surface area contributed by atoms with Crippen LogP contribution in [0.25, 0.3) is 6.08 Å². The van der Waals surface area contributed by atoms with Crippen molar-refractivity contribution >= 4 is 23.1 Å². The highest BCUT2D eigenvalue weighted by Crippen LogP contribution is 2.38. The molecule has 0 atom stereocenters. The van der Waals surface area contributed by atoms with Gasteiger partial charge in [0.1, 0.15) is 11.5 Å². The minimum Gasteiger partial charge on any atom is -0.497 e. The summed E-state index contributed by atoms with van der Waals surface area (Å²) < 4.78 is 10.7. The predicted octanol–water partition coefficient (Wildman–Crippen LogP) is 6.13. The molecule has 0 unspecified atom stereocenters. The number of benzene rings is 3. The van der Waals surface area contributed by atoms with Crippen LogP contribution in [0.15, 0.2) is 73.3 Å². The first-order chi connectivity index (χ1) is 12.7. The molecule has 3 aromatic carbocycles. The third-order valence-corrected chi connectivity index (χ3v) is 4.36. The van der Waals surface area contributed by atoms with E-state index in [-0.39, 0.29) is 0 Å². The Morgan fingerprint density at radius 1 is 0.769 bits per heavy atom. The molecule has 0 saturated heterocycles. The summed E-state index contributed by atoms with van der Waals surface area (Å²) in [5.41, 5.74) is 5.46. The smallest absolute Gasteiger partial charge is 0.119 e. The second kappa shape index (κ2) is 7.79. The molecule has 0 aliphatic heterocycles. The van der Waals surface area contributed by atoms with Crippen LogP contribution in [0.3, 0.4) is 0 Å². The summed E-state index contributed by atoms with van der Waals surface area (Å²) in [4.78, 5) is 2.22. The van der Waals surface area contributed by atoms with E-state index < -0.39 is 0 Å². The van der Waals surface area contributed by atoms with Gasteiger partial charge in [-0.1, -0.05) is 24.8 Å². The maximum atomic E-state index is 5.36. The minimum absolute atomic E-state index is 0.835. The summed E-state index contributed by atoms with van der Waals surface area (Å²) in [7, 11) is 3.36. The second-order valence-electron chi connectivity index (χ2n) is 5.98. The number of nitrogens with zero attached hydrogens (tertiary/aromatic N) is 1. The summed E-state index contributed by atoms with van der Waals surface area (Å²) in [6.07, 6.45) is 1.85. The molecule has 3 heteroatoms. The van der Waals surface area contributed by atoms with Crippen LogP contribution in [0, 0.1) is 6.92 Å². The number of aryl methyl sites for hydroxylation is 1. The van der Waals surface area contributed by atoms with Gasteiger partial charge in [0.05, 0.1) is 14.2 Å². The average molecular weight is 345 g/mol. The lowest BCUT2D eigenvalue weighted by Crippen LogP contribution is -2.11. The van der Waals surface area contributed by atoms with Gasteiger partial charge in [-0.05, 0) is 72.6 Å². The van der Waals surface area contributed by atoms with Crippen LogP contribution in [0.1, 0.15) is 11.1 Å². The number of hydrogen-bond donors (Lipinski definition) is 0. The normalized spacial score (nSPS) is 10.3. The van der Waals surface area contributed by atoms with Gasteiger partial charge >= 0.3 is 0 Å². The minimum atomic E-state index is 0.835. The van der Waals surface area contributed by atoms with Crippen molar-refractivity contribution in [2.45, 2.75) is 6.92 Å². The van der Waals surface area contributed by atoms with Gasteiger partial charge in [0.15, 0.2) is 0 Å². The zero-order valence-corrected chi connectivity index (χ0v) is 15.4. The highest BCUT2D eigenvalue weighted by Gasteiger charge is 2.15. The maximum Gasteiger partial charge on any atom is 0.119 e. The Labute approximate surface area is 155 Å². The molecular weight excluding hydrogens is 322 g/mol. The Morgan fingerprint density at radius 3 is 1.81 bits per heavy atom. The number of methoxy groups -OCH3 is 2. The number of rotatable bonds is 6. The van der Waals surface area contributed by atoms with E-state index in [0.29, 0.717) is 0 Å². The summed E-state index contributed by atoms with van der Waals surface area (Å²) in [6, 6.07) is 22.5. The van der Waals surface area contributed by atoms with E-state index in [1.807, 2.05) is 30.3 Å². The van der Waals surface area contributed by atoms with Gasteiger partial charge in [0.2, 0.25) is 0 Å². The standard InChI is InChI=1S/C23H23NO2/c1-5-18-6-8-19(9-7-18)24(20-10-12-21(25-3)13-11-20)23-15-14-22(26-4)16-17(23)2/h5-16H,1H2,2-4H3. The first-order valence-corrected chi connectivity index (χ1v) is 8.47. The van der Waals surface area contributed by atoms with Crippen LogP contribution in [0.4, 0.5) is 17.1 Å². The molecule has 3 rings (SSSR count). The molecule has 0 fully saturated rings. The summed E-state index contributed by atoms with van der Waals surface area (Å²) in [5.74, 6) is 1.69. The lowest BCUT2D eigenvalue weighted by atomic mass is 10.1. The first kappa shape index (κ1) is 17.6. The average Bonchev–Trinajstić information content (AvgIpc) is 2.70. The first-order valence-electron chi connectivity index (χ1n) is 8.47.